The number of hydrogen-bond donors (Lipinski definition) is 1. The average Bonchev–Trinajstić information content (AvgIpc) is 2.48. The van der Waals surface area contributed by atoms with E-state index in [4.69, 9.17) is 5.84 Å². The van der Waals surface area contributed by atoms with Crippen LogP contribution in [0, 0.1) is 5.92 Å². The molecule has 1 heterocycles. The summed E-state index contributed by atoms with van der Waals surface area (Å²) in [6.45, 7) is 1.10. The molecule has 3 rings (SSSR count). The Hall–Kier alpha value is -2.03. The Morgan fingerprint density at radius 1 is 1.26 bits per heavy atom. The van der Waals surface area contributed by atoms with Crippen LogP contribution in [0.5, 0.6) is 0 Å². The van der Waals surface area contributed by atoms with Gasteiger partial charge in [0.15, 0.2) is 0 Å². The van der Waals surface area contributed by atoms with Gasteiger partial charge in [-0.15, -0.1) is 0 Å². The van der Waals surface area contributed by atoms with E-state index in [-0.39, 0.29) is 0 Å². The zero-order valence-corrected chi connectivity index (χ0v) is 11.0. The Balaban J connectivity index is 1.94. The Morgan fingerprint density at radius 3 is 2.89 bits per heavy atom. The summed E-state index contributed by atoms with van der Waals surface area (Å²) < 4.78 is 0. The molecule has 0 saturated carbocycles. The molecular formula is C16H19N3. The number of fused-ring (bicyclic) bond motifs is 1. The zero-order valence-electron chi connectivity index (χ0n) is 11.0. The van der Waals surface area contributed by atoms with Crippen molar-refractivity contribution < 1.29 is 0 Å². The van der Waals surface area contributed by atoms with Crippen LogP contribution < -0.4 is 10.7 Å². The van der Waals surface area contributed by atoms with Crippen LogP contribution in [-0.4, -0.2) is 12.8 Å². The van der Waals surface area contributed by atoms with Gasteiger partial charge in [0.1, 0.15) is 0 Å². The van der Waals surface area contributed by atoms with Crippen LogP contribution in [0.3, 0.4) is 0 Å². The molecule has 19 heavy (non-hydrogen) atoms. The van der Waals surface area contributed by atoms with Gasteiger partial charge in [-0.05, 0) is 43.0 Å². The number of anilines is 1. The highest BCUT2D eigenvalue weighted by Crippen LogP contribution is 2.36. The minimum absolute atomic E-state index is 0.642. The van der Waals surface area contributed by atoms with Crippen molar-refractivity contribution in [2.45, 2.75) is 19.3 Å². The van der Waals surface area contributed by atoms with E-state index >= 15 is 0 Å². The zero-order chi connectivity index (χ0) is 13.1. The molecule has 1 aromatic rings. The average molecular weight is 253 g/mol. The molecule has 0 amide bonds. The molecule has 1 saturated heterocycles. The fraction of sp³-hybridized carbons (Fsp3) is 0.312. The Bertz CT molecular complexity index is 528. The van der Waals surface area contributed by atoms with Gasteiger partial charge in [0, 0.05) is 23.8 Å². The molecule has 3 nitrogen and oxygen atoms in total. The second kappa shape index (κ2) is 5.31. The van der Waals surface area contributed by atoms with E-state index < -0.39 is 0 Å². The third-order valence-corrected chi connectivity index (χ3v) is 3.91. The van der Waals surface area contributed by atoms with Crippen molar-refractivity contribution in [1.29, 1.82) is 0 Å². The first-order valence-electron chi connectivity index (χ1n) is 6.86. The third kappa shape index (κ3) is 2.41. The van der Waals surface area contributed by atoms with Crippen LogP contribution in [0.2, 0.25) is 0 Å². The monoisotopic (exact) mass is 253 g/mol. The van der Waals surface area contributed by atoms with Gasteiger partial charge in [-0.3, -0.25) is 0 Å². The standard InChI is InChI=1S/C16H19N3/c17-18-12-13-8-9-14-5-4-10-19(16(14)11-13)15-6-2-1-3-7-15/h1-3,6-8,11-12,14H,4-5,9-10,17H2. The van der Waals surface area contributed by atoms with Crippen LogP contribution in [0.25, 0.3) is 0 Å². The molecule has 0 spiro atoms. The summed E-state index contributed by atoms with van der Waals surface area (Å²) in [6, 6.07) is 10.6. The predicted octanol–water partition coefficient (Wildman–Crippen LogP) is 3.06. The highest BCUT2D eigenvalue weighted by atomic mass is 15.2. The van der Waals surface area contributed by atoms with E-state index in [2.05, 4.69) is 52.5 Å². The van der Waals surface area contributed by atoms with E-state index in [9.17, 15) is 0 Å². The first-order valence-corrected chi connectivity index (χ1v) is 6.86. The summed E-state index contributed by atoms with van der Waals surface area (Å²) >= 11 is 0. The fourth-order valence-corrected chi connectivity index (χ4v) is 3.00. The lowest BCUT2D eigenvalue weighted by Gasteiger charge is -2.38. The maximum absolute atomic E-state index is 5.26. The van der Waals surface area contributed by atoms with Crippen LogP contribution >= 0.6 is 0 Å². The number of rotatable bonds is 2. The van der Waals surface area contributed by atoms with Crippen LogP contribution in [0.15, 0.2) is 58.9 Å². The molecular weight excluding hydrogens is 234 g/mol. The minimum Gasteiger partial charge on any atom is -0.345 e. The van der Waals surface area contributed by atoms with Crippen molar-refractivity contribution in [3.63, 3.8) is 0 Å². The lowest BCUT2D eigenvalue weighted by Crippen LogP contribution is -2.34. The van der Waals surface area contributed by atoms with Crippen LogP contribution in [-0.2, 0) is 0 Å². The molecule has 3 heteroatoms. The van der Waals surface area contributed by atoms with Crippen molar-refractivity contribution in [2.75, 3.05) is 11.4 Å². The van der Waals surface area contributed by atoms with Crippen molar-refractivity contribution >= 4 is 11.9 Å². The fourth-order valence-electron chi connectivity index (χ4n) is 3.00. The van der Waals surface area contributed by atoms with Gasteiger partial charge < -0.3 is 10.7 Å². The number of nitrogens with zero attached hydrogens (tertiary/aromatic N) is 2. The summed E-state index contributed by atoms with van der Waals surface area (Å²) in [6.07, 6.45) is 9.83. The first kappa shape index (κ1) is 12.0. The SMILES string of the molecule is NN=CC1=CCC2CCCN(c3ccccc3)C2=C1. The molecule has 1 aliphatic heterocycles. The van der Waals surface area contributed by atoms with E-state index in [0.29, 0.717) is 5.92 Å². The number of para-hydroxylation sites is 1. The molecule has 98 valence electrons. The van der Waals surface area contributed by atoms with E-state index in [1.165, 1.54) is 24.2 Å². The number of allylic oxidation sites excluding steroid dienone is 4. The van der Waals surface area contributed by atoms with Crippen molar-refractivity contribution in [3.05, 3.63) is 53.8 Å². The van der Waals surface area contributed by atoms with Gasteiger partial charge >= 0.3 is 0 Å². The van der Waals surface area contributed by atoms with Crippen LogP contribution in [0.4, 0.5) is 5.69 Å². The second-order valence-electron chi connectivity index (χ2n) is 5.11. The van der Waals surface area contributed by atoms with Gasteiger partial charge in [-0.1, -0.05) is 24.3 Å². The molecule has 0 radical (unpaired) electrons. The highest BCUT2D eigenvalue weighted by molar-refractivity contribution is 5.83. The Labute approximate surface area is 114 Å². The number of benzene rings is 1. The summed E-state index contributed by atoms with van der Waals surface area (Å²) in [5, 5.41) is 3.64. The molecule has 1 unspecified atom stereocenters. The van der Waals surface area contributed by atoms with E-state index in [0.717, 1.165) is 18.5 Å². The minimum atomic E-state index is 0.642. The molecule has 1 aromatic carbocycles. The van der Waals surface area contributed by atoms with Gasteiger partial charge in [0.25, 0.3) is 0 Å². The van der Waals surface area contributed by atoms with Gasteiger partial charge in [-0.25, -0.2) is 0 Å². The maximum Gasteiger partial charge on any atom is 0.0535 e. The molecule has 2 aliphatic rings. The highest BCUT2D eigenvalue weighted by Gasteiger charge is 2.27. The summed E-state index contributed by atoms with van der Waals surface area (Å²) in [7, 11) is 0. The molecule has 0 aromatic heterocycles. The molecule has 0 bridgehead atoms. The largest absolute Gasteiger partial charge is 0.345 e. The normalized spacial score (nSPS) is 22.9. The number of nitrogens with two attached hydrogens (primary N) is 1. The van der Waals surface area contributed by atoms with Crippen molar-refractivity contribution in [2.24, 2.45) is 16.9 Å². The van der Waals surface area contributed by atoms with Gasteiger partial charge in [0.2, 0.25) is 0 Å². The molecule has 1 atom stereocenters. The molecule has 1 aliphatic carbocycles. The lowest BCUT2D eigenvalue weighted by atomic mass is 9.85. The number of hydrazone groups is 1. The third-order valence-electron chi connectivity index (χ3n) is 3.91. The van der Waals surface area contributed by atoms with Crippen LogP contribution in [0.1, 0.15) is 19.3 Å². The molecule has 1 fully saturated rings. The first-order chi connectivity index (χ1) is 9.38. The second-order valence-corrected chi connectivity index (χ2v) is 5.11. The number of hydrogen-bond acceptors (Lipinski definition) is 3. The Morgan fingerprint density at radius 2 is 2.11 bits per heavy atom. The topological polar surface area (TPSA) is 41.6 Å². The summed E-state index contributed by atoms with van der Waals surface area (Å²) in [4.78, 5) is 2.44. The summed E-state index contributed by atoms with van der Waals surface area (Å²) in [5.74, 6) is 5.90. The van der Waals surface area contributed by atoms with Crippen molar-refractivity contribution in [3.8, 4) is 0 Å². The maximum atomic E-state index is 5.26. The van der Waals surface area contributed by atoms with E-state index in [1.807, 2.05) is 0 Å². The molecule has 2 N–H and O–H groups in total. The van der Waals surface area contributed by atoms with Crippen molar-refractivity contribution in [1.82, 2.24) is 0 Å². The van der Waals surface area contributed by atoms with E-state index in [1.54, 1.807) is 6.21 Å². The Kier molecular flexibility index (Phi) is 3.36. The summed E-state index contributed by atoms with van der Waals surface area (Å²) in [5.41, 5.74) is 3.82. The quantitative estimate of drug-likeness (QED) is 0.500. The van der Waals surface area contributed by atoms with Gasteiger partial charge in [-0.2, -0.15) is 5.10 Å². The predicted molar refractivity (Wildman–Crippen MR) is 80.0 cm³/mol. The van der Waals surface area contributed by atoms with Gasteiger partial charge in [0.05, 0.1) is 6.21 Å². The lowest BCUT2D eigenvalue weighted by molar-refractivity contribution is 0.475. The number of piperidine rings is 1. The smallest absolute Gasteiger partial charge is 0.0535 e.